The molecule has 1 fully saturated rings. The third kappa shape index (κ3) is 2.01. The molecular weight excluding hydrogens is 210 g/mol. The van der Waals surface area contributed by atoms with Crippen LogP contribution in [0.15, 0.2) is 12.1 Å². The van der Waals surface area contributed by atoms with Crippen LogP contribution in [-0.2, 0) is 0 Å². The first-order valence-electron chi connectivity index (χ1n) is 4.77. The summed E-state index contributed by atoms with van der Waals surface area (Å²) in [6.07, 6.45) is 0.430. The van der Waals surface area contributed by atoms with Gasteiger partial charge in [-0.15, -0.1) is 0 Å². The second-order valence-corrected chi connectivity index (χ2v) is 4.03. The molecule has 5 heteroatoms. The topological polar surface area (TPSA) is 63.0 Å². The predicted octanol–water partition coefficient (Wildman–Crippen LogP) is 1.19. The van der Waals surface area contributed by atoms with Crippen LogP contribution in [0.2, 0.25) is 0 Å². The number of hydrogen-bond acceptors (Lipinski definition) is 4. The summed E-state index contributed by atoms with van der Waals surface area (Å²) < 4.78 is 0.602. The van der Waals surface area contributed by atoms with Crippen LogP contribution in [0.5, 0.6) is 0 Å². The van der Waals surface area contributed by atoms with Gasteiger partial charge in [0.25, 0.3) is 0 Å². The van der Waals surface area contributed by atoms with Crippen molar-refractivity contribution in [3.8, 4) is 6.07 Å². The quantitative estimate of drug-likeness (QED) is 0.699. The number of anilines is 1. The van der Waals surface area contributed by atoms with Gasteiger partial charge in [-0.05, 0) is 18.6 Å². The smallest absolute Gasteiger partial charge is 0.125 e. The Labute approximate surface area is 92.8 Å². The highest BCUT2D eigenvalue weighted by Gasteiger charge is 2.22. The first kappa shape index (κ1) is 10.1. The van der Waals surface area contributed by atoms with Crippen LogP contribution < -0.4 is 4.90 Å². The Morgan fingerprint density at radius 1 is 1.60 bits per heavy atom. The maximum absolute atomic E-state index is 9.43. The van der Waals surface area contributed by atoms with E-state index in [-0.39, 0.29) is 6.10 Å². The summed E-state index contributed by atoms with van der Waals surface area (Å²) in [4.78, 5) is 4.95. The Balaban J connectivity index is 2.39. The number of H-pyrrole nitrogens is 1. The van der Waals surface area contributed by atoms with Gasteiger partial charge in [0, 0.05) is 13.1 Å². The highest BCUT2D eigenvalue weighted by atomic mass is 32.1. The van der Waals surface area contributed by atoms with Crippen LogP contribution in [0, 0.1) is 16.0 Å². The summed E-state index contributed by atoms with van der Waals surface area (Å²) in [6.45, 7) is 1.31. The van der Waals surface area contributed by atoms with Crippen molar-refractivity contribution >= 4 is 18.0 Å². The highest BCUT2D eigenvalue weighted by molar-refractivity contribution is 7.71. The lowest BCUT2D eigenvalue weighted by Crippen LogP contribution is -2.23. The molecule has 4 nitrogen and oxygen atoms in total. The summed E-state index contributed by atoms with van der Waals surface area (Å²) in [5.41, 5.74) is 0.567. The van der Waals surface area contributed by atoms with Gasteiger partial charge >= 0.3 is 0 Å². The number of aliphatic hydroxyl groups is 1. The first-order valence-corrected chi connectivity index (χ1v) is 5.18. The fourth-order valence-electron chi connectivity index (χ4n) is 1.75. The predicted molar refractivity (Wildman–Crippen MR) is 59.2 cm³/mol. The summed E-state index contributed by atoms with van der Waals surface area (Å²) in [7, 11) is 0. The first-order chi connectivity index (χ1) is 7.20. The molecular formula is C10H11N3OS. The number of hydrogen-bond donors (Lipinski definition) is 2. The number of nitriles is 1. The van der Waals surface area contributed by atoms with E-state index in [4.69, 9.17) is 17.5 Å². The van der Waals surface area contributed by atoms with Gasteiger partial charge in [0.15, 0.2) is 0 Å². The van der Waals surface area contributed by atoms with E-state index in [1.807, 2.05) is 4.90 Å². The van der Waals surface area contributed by atoms with E-state index in [1.54, 1.807) is 12.1 Å². The standard InChI is InChI=1S/C10H11N3OS/c11-5-7-1-2-9(15)12-10(7)13-4-3-8(14)6-13/h1-2,8,14H,3-4,6H2,(H,12,15). The van der Waals surface area contributed by atoms with Gasteiger partial charge in [-0.2, -0.15) is 5.26 Å². The lowest BCUT2D eigenvalue weighted by molar-refractivity contribution is 0.198. The Morgan fingerprint density at radius 3 is 3.00 bits per heavy atom. The van der Waals surface area contributed by atoms with E-state index in [2.05, 4.69) is 11.1 Å². The molecule has 1 aromatic heterocycles. The maximum Gasteiger partial charge on any atom is 0.125 e. The molecule has 1 saturated heterocycles. The molecule has 0 amide bonds. The van der Waals surface area contributed by atoms with E-state index in [0.29, 0.717) is 16.7 Å². The molecule has 15 heavy (non-hydrogen) atoms. The molecule has 0 spiro atoms. The molecule has 1 aliphatic rings. The normalized spacial score (nSPS) is 20.3. The Hall–Kier alpha value is -1.38. The van der Waals surface area contributed by atoms with Crippen molar-refractivity contribution in [1.29, 1.82) is 5.26 Å². The van der Waals surface area contributed by atoms with Crippen molar-refractivity contribution < 1.29 is 5.11 Å². The third-order valence-electron chi connectivity index (χ3n) is 2.50. The van der Waals surface area contributed by atoms with Crippen LogP contribution in [0.4, 0.5) is 5.82 Å². The number of aromatic amines is 1. The van der Waals surface area contributed by atoms with Crippen molar-refractivity contribution in [3.63, 3.8) is 0 Å². The average Bonchev–Trinajstić information content (AvgIpc) is 2.65. The number of pyridine rings is 1. The van der Waals surface area contributed by atoms with E-state index in [0.717, 1.165) is 18.8 Å². The lowest BCUT2D eigenvalue weighted by atomic mass is 10.2. The van der Waals surface area contributed by atoms with Gasteiger partial charge < -0.3 is 15.0 Å². The van der Waals surface area contributed by atoms with E-state index >= 15 is 0 Å². The van der Waals surface area contributed by atoms with Gasteiger partial charge in [-0.1, -0.05) is 12.2 Å². The van der Waals surface area contributed by atoms with Crippen molar-refractivity contribution in [2.75, 3.05) is 18.0 Å². The van der Waals surface area contributed by atoms with E-state index < -0.39 is 0 Å². The molecule has 2 heterocycles. The fourth-order valence-corrected chi connectivity index (χ4v) is 1.91. The second kappa shape index (κ2) is 4.01. The van der Waals surface area contributed by atoms with Crippen LogP contribution in [0.3, 0.4) is 0 Å². The highest BCUT2D eigenvalue weighted by Crippen LogP contribution is 2.21. The summed E-state index contributed by atoms with van der Waals surface area (Å²) >= 11 is 5.02. The Kier molecular flexibility index (Phi) is 2.71. The zero-order chi connectivity index (χ0) is 10.8. The molecule has 2 N–H and O–H groups in total. The number of nitrogens with zero attached hydrogens (tertiary/aromatic N) is 2. The van der Waals surface area contributed by atoms with Gasteiger partial charge in [-0.25, -0.2) is 0 Å². The number of β-amino-alcohol motifs (C(OH)–C–C–N with tert-alkyl or cyclic N) is 1. The monoisotopic (exact) mass is 221 g/mol. The summed E-state index contributed by atoms with van der Waals surface area (Å²) in [5, 5.41) is 18.4. The molecule has 0 aliphatic carbocycles. The Bertz CT molecular complexity index is 462. The molecule has 0 radical (unpaired) electrons. The van der Waals surface area contributed by atoms with Crippen molar-refractivity contribution in [3.05, 3.63) is 22.3 Å². The number of nitrogens with one attached hydrogen (secondary N) is 1. The molecule has 0 saturated carbocycles. The minimum Gasteiger partial charge on any atom is -0.391 e. The van der Waals surface area contributed by atoms with Crippen LogP contribution in [0.25, 0.3) is 0 Å². The average molecular weight is 221 g/mol. The molecule has 1 unspecified atom stereocenters. The number of rotatable bonds is 1. The van der Waals surface area contributed by atoms with Crippen molar-refractivity contribution in [1.82, 2.24) is 4.98 Å². The maximum atomic E-state index is 9.43. The van der Waals surface area contributed by atoms with Gasteiger partial charge in [0.2, 0.25) is 0 Å². The molecule has 1 aromatic rings. The summed E-state index contributed by atoms with van der Waals surface area (Å²) in [5.74, 6) is 0.724. The largest absolute Gasteiger partial charge is 0.391 e. The van der Waals surface area contributed by atoms with Crippen LogP contribution in [0.1, 0.15) is 12.0 Å². The van der Waals surface area contributed by atoms with E-state index in [9.17, 15) is 5.11 Å². The SMILES string of the molecule is N#Cc1ccc(=S)[nH]c1N1CCC(O)C1. The summed E-state index contributed by atoms with van der Waals surface area (Å²) in [6, 6.07) is 5.52. The second-order valence-electron chi connectivity index (χ2n) is 3.59. The Morgan fingerprint density at radius 2 is 2.40 bits per heavy atom. The van der Waals surface area contributed by atoms with Gasteiger partial charge in [-0.3, -0.25) is 0 Å². The molecule has 0 bridgehead atoms. The van der Waals surface area contributed by atoms with Crippen molar-refractivity contribution in [2.45, 2.75) is 12.5 Å². The lowest BCUT2D eigenvalue weighted by Gasteiger charge is -2.18. The fraction of sp³-hybridized carbons (Fsp3) is 0.400. The minimum atomic E-state index is -0.307. The minimum absolute atomic E-state index is 0.307. The molecule has 1 atom stereocenters. The molecule has 0 aromatic carbocycles. The number of aromatic nitrogens is 1. The zero-order valence-corrected chi connectivity index (χ0v) is 8.92. The zero-order valence-electron chi connectivity index (χ0n) is 8.10. The van der Waals surface area contributed by atoms with E-state index in [1.165, 1.54) is 0 Å². The molecule has 78 valence electrons. The third-order valence-corrected chi connectivity index (χ3v) is 2.74. The van der Waals surface area contributed by atoms with Crippen LogP contribution >= 0.6 is 12.2 Å². The molecule has 2 rings (SSSR count). The van der Waals surface area contributed by atoms with Crippen molar-refractivity contribution in [2.24, 2.45) is 0 Å². The van der Waals surface area contributed by atoms with Gasteiger partial charge in [0.05, 0.1) is 11.7 Å². The molecule has 1 aliphatic heterocycles. The number of aliphatic hydroxyl groups excluding tert-OH is 1. The van der Waals surface area contributed by atoms with Crippen LogP contribution in [-0.4, -0.2) is 29.3 Å². The van der Waals surface area contributed by atoms with Gasteiger partial charge in [0.1, 0.15) is 16.5 Å².